The van der Waals surface area contributed by atoms with E-state index in [2.05, 4.69) is 25.4 Å². The van der Waals surface area contributed by atoms with Gasteiger partial charge in [0.25, 0.3) is 11.5 Å². The van der Waals surface area contributed by atoms with Crippen molar-refractivity contribution < 1.29 is 13.6 Å². The zero-order valence-electron chi connectivity index (χ0n) is 22.2. The summed E-state index contributed by atoms with van der Waals surface area (Å²) in [6.07, 6.45) is 1.48. The molecule has 0 spiro atoms. The minimum atomic E-state index is -0.579. The second-order valence-corrected chi connectivity index (χ2v) is 10.1. The monoisotopic (exact) mass is 541 g/mol. The number of nitrogens with one attached hydrogen (secondary N) is 1. The molecule has 0 radical (unpaired) electrons. The molecule has 5 aromatic rings. The van der Waals surface area contributed by atoms with Gasteiger partial charge < -0.3 is 14.3 Å². The highest BCUT2D eigenvalue weighted by Gasteiger charge is 2.34. The number of aromatic amines is 1. The van der Waals surface area contributed by atoms with Crippen LogP contribution in [0, 0.1) is 19.7 Å². The van der Waals surface area contributed by atoms with E-state index < -0.39 is 6.04 Å². The van der Waals surface area contributed by atoms with Crippen molar-refractivity contribution in [2.24, 2.45) is 0 Å². The van der Waals surface area contributed by atoms with Gasteiger partial charge >= 0.3 is 0 Å². The number of furan rings is 1. The average molecular weight is 542 g/mol. The van der Waals surface area contributed by atoms with Crippen molar-refractivity contribution in [2.45, 2.75) is 26.4 Å². The molecule has 1 fully saturated rings. The first-order chi connectivity index (χ1) is 19.4. The fourth-order valence-corrected chi connectivity index (χ4v) is 5.32. The van der Waals surface area contributed by atoms with Gasteiger partial charge in [0.15, 0.2) is 11.6 Å². The van der Waals surface area contributed by atoms with Gasteiger partial charge in [-0.05, 0) is 71.3 Å². The van der Waals surface area contributed by atoms with E-state index in [1.807, 2.05) is 32.0 Å². The number of aryl methyl sites for hydroxylation is 2. The SMILES string of the molecule is Cc1ccc(C)c2[nH]c(=O)c([C@@H](c3nnnn3Cc3ccc(F)cc3)N3CCN(C(=O)c4ccco4)CC3)cc12. The summed E-state index contributed by atoms with van der Waals surface area (Å²) in [6, 6.07) is 14.9. The first-order valence-electron chi connectivity index (χ1n) is 13.1. The van der Waals surface area contributed by atoms with E-state index in [0.717, 1.165) is 27.6 Å². The number of fused-ring (bicyclic) bond motifs is 1. The Morgan fingerprint density at radius 1 is 1.05 bits per heavy atom. The first kappa shape index (κ1) is 25.6. The van der Waals surface area contributed by atoms with E-state index in [-0.39, 0.29) is 17.3 Å². The highest BCUT2D eigenvalue weighted by atomic mass is 19.1. The van der Waals surface area contributed by atoms with Crippen LogP contribution < -0.4 is 5.56 Å². The molecule has 1 aliphatic rings. The first-order valence-corrected chi connectivity index (χ1v) is 13.1. The molecule has 0 unspecified atom stereocenters. The molecule has 1 N–H and O–H groups in total. The van der Waals surface area contributed by atoms with Gasteiger partial charge in [0.05, 0.1) is 18.3 Å². The van der Waals surface area contributed by atoms with Crippen LogP contribution in [0.3, 0.4) is 0 Å². The maximum absolute atomic E-state index is 13.6. The number of nitrogens with zero attached hydrogens (tertiary/aromatic N) is 6. The van der Waals surface area contributed by atoms with Crippen LogP contribution in [0.4, 0.5) is 4.39 Å². The number of pyridine rings is 1. The Labute approximate surface area is 229 Å². The number of aromatic nitrogens is 5. The molecule has 0 saturated carbocycles. The minimum Gasteiger partial charge on any atom is -0.459 e. The summed E-state index contributed by atoms with van der Waals surface area (Å²) in [5, 5.41) is 13.5. The maximum Gasteiger partial charge on any atom is 0.289 e. The number of rotatable bonds is 6. The van der Waals surface area contributed by atoms with Crippen molar-refractivity contribution in [2.75, 3.05) is 26.2 Å². The Hall–Kier alpha value is -4.64. The van der Waals surface area contributed by atoms with E-state index >= 15 is 0 Å². The molecule has 1 atom stereocenters. The number of hydrogen-bond donors (Lipinski definition) is 1. The number of tetrazole rings is 1. The molecule has 2 aromatic carbocycles. The normalized spacial score (nSPS) is 15.0. The van der Waals surface area contributed by atoms with Crippen LogP contribution in [0.5, 0.6) is 0 Å². The molecular weight excluding hydrogens is 513 g/mol. The molecule has 1 aliphatic heterocycles. The highest BCUT2D eigenvalue weighted by molar-refractivity contribution is 5.91. The van der Waals surface area contributed by atoms with Crippen LogP contribution in [0.25, 0.3) is 10.9 Å². The van der Waals surface area contributed by atoms with Gasteiger partial charge in [-0.2, -0.15) is 0 Å². The molecule has 6 rings (SSSR count). The summed E-state index contributed by atoms with van der Waals surface area (Å²) in [7, 11) is 0. The lowest BCUT2D eigenvalue weighted by Gasteiger charge is -2.38. The lowest BCUT2D eigenvalue weighted by Crippen LogP contribution is -2.50. The third kappa shape index (κ3) is 4.79. The largest absolute Gasteiger partial charge is 0.459 e. The Kier molecular flexibility index (Phi) is 6.72. The number of hydrogen-bond acceptors (Lipinski definition) is 7. The number of H-pyrrole nitrogens is 1. The Morgan fingerprint density at radius 3 is 2.52 bits per heavy atom. The van der Waals surface area contributed by atoms with Gasteiger partial charge in [-0.25, -0.2) is 9.07 Å². The van der Waals surface area contributed by atoms with E-state index in [1.165, 1.54) is 18.4 Å². The third-order valence-corrected chi connectivity index (χ3v) is 7.52. The topological polar surface area (TPSA) is 113 Å². The molecule has 1 saturated heterocycles. The third-order valence-electron chi connectivity index (χ3n) is 7.52. The van der Waals surface area contributed by atoms with Crippen molar-refractivity contribution in [3.8, 4) is 0 Å². The predicted octanol–water partition coefficient (Wildman–Crippen LogP) is 3.46. The zero-order valence-corrected chi connectivity index (χ0v) is 22.2. The van der Waals surface area contributed by atoms with Gasteiger partial charge in [0.2, 0.25) is 0 Å². The van der Waals surface area contributed by atoms with Crippen LogP contribution in [0.15, 0.2) is 70.1 Å². The summed E-state index contributed by atoms with van der Waals surface area (Å²) in [4.78, 5) is 33.5. The average Bonchev–Trinajstić information content (AvgIpc) is 3.66. The molecule has 1 amide bonds. The van der Waals surface area contributed by atoms with Gasteiger partial charge in [0.1, 0.15) is 11.9 Å². The Balaban J connectivity index is 1.39. The van der Waals surface area contributed by atoms with Gasteiger partial charge in [0, 0.05) is 37.1 Å². The Bertz CT molecular complexity index is 1720. The Morgan fingerprint density at radius 2 is 1.80 bits per heavy atom. The fourth-order valence-electron chi connectivity index (χ4n) is 5.32. The predicted molar refractivity (Wildman–Crippen MR) is 145 cm³/mol. The van der Waals surface area contributed by atoms with Crippen molar-refractivity contribution in [3.05, 3.63) is 111 Å². The van der Waals surface area contributed by atoms with E-state index in [0.29, 0.717) is 49.9 Å². The summed E-state index contributed by atoms with van der Waals surface area (Å²) in [5.41, 5.74) is 3.93. The lowest BCUT2D eigenvalue weighted by atomic mass is 9.99. The number of carbonyl (C=O) groups excluding carboxylic acids is 1. The van der Waals surface area contributed by atoms with E-state index in [1.54, 1.807) is 33.8 Å². The van der Waals surface area contributed by atoms with Crippen LogP contribution in [-0.4, -0.2) is 67.1 Å². The number of piperazine rings is 1. The van der Waals surface area contributed by atoms with Crippen molar-refractivity contribution in [1.82, 2.24) is 35.0 Å². The van der Waals surface area contributed by atoms with Gasteiger partial charge in [-0.1, -0.05) is 24.3 Å². The zero-order chi connectivity index (χ0) is 27.8. The molecule has 4 heterocycles. The second-order valence-electron chi connectivity index (χ2n) is 10.1. The number of carbonyl (C=O) groups is 1. The standard InChI is InChI=1S/C29H28FN7O3/c1-18-5-6-19(2)25-22(18)16-23(28(38)31-25)26(27-32-33-34-37(27)17-20-7-9-21(30)10-8-20)35-11-13-36(14-12-35)29(39)24-4-3-15-40-24/h3-10,15-16,26H,11-14,17H2,1-2H3,(H,31,38)/t26-/m0/s1. The second kappa shape index (κ2) is 10.5. The van der Waals surface area contributed by atoms with Crippen molar-refractivity contribution in [3.63, 3.8) is 0 Å². The number of benzene rings is 2. The van der Waals surface area contributed by atoms with E-state index in [9.17, 15) is 14.0 Å². The van der Waals surface area contributed by atoms with Gasteiger partial charge in [-0.3, -0.25) is 14.5 Å². The van der Waals surface area contributed by atoms with Crippen molar-refractivity contribution >= 4 is 16.8 Å². The summed E-state index contributed by atoms with van der Waals surface area (Å²) < 4.78 is 20.5. The van der Waals surface area contributed by atoms with Gasteiger partial charge in [-0.15, -0.1) is 5.10 Å². The van der Waals surface area contributed by atoms with Crippen LogP contribution in [0.2, 0.25) is 0 Å². The molecule has 40 heavy (non-hydrogen) atoms. The summed E-state index contributed by atoms with van der Waals surface area (Å²) >= 11 is 0. The summed E-state index contributed by atoms with van der Waals surface area (Å²) in [5.74, 6) is 0.293. The summed E-state index contributed by atoms with van der Waals surface area (Å²) in [6.45, 7) is 6.15. The minimum absolute atomic E-state index is 0.169. The van der Waals surface area contributed by atoms with Crippen molar-refractivity contribution in [1.29, 1.82) is 0 Å². The fraction of sp³-hybridized carbons (Fsp3) is 0.276. The molecule has 204 valence electrons. The molecule has 10 nitrogen and oxygen atoms in total. The molecular formula is C29H28FN7O3. The van der Waals surface area contributed by atoms with E-state index in [4.69, 9.17) is 4.42 Å². The lowest BCUT2D eigenvalue weighted by molar-refractivity contribution is 0.0558. The molecule has 0 aliphatic carbocycles. The molecule has 11 heteroatoms. The molecule has 0 bridgehead atoms. The number of halogens is 1. The maximum atomic E-state index is 13.6. The van der Waals surface area contributed by atoms with Crippen LogP contribution in [-0.2, 0) is 6.54 Å². The highest BCUT2D eigenvalue weighted by Crippen LogP contribution is 2.30. The molecule has 3 aromatic heterocycles. The quantitative estimate of drug-likeness (QED) is 0.350. The van der Waals surface area contributed by atoms with Crippen LogP contribution in [0.1, 0.15) is 44.7 Å². The number of amides is 1. The van der Waals surface area contributed by atoms with Crippen LogP contribution >= 0.6 is 0 Å². The smallest absolute Gasteiger partial charge is 0.289 e.